The van der Waals surface area contributed by atoms with Crippen molar-refractivity contribution in [3.8, 4) is 5.75 Å². The number of carbonyl (C=O) groups excluding carboxylic acids is 1. The second kappa shape index (κ2) is 20.4. The van der Waals surface area contributed by atoms with Crippen LogP contribution in [-0.4, -0.2) is 121 Å². The van der Waals surface area contributed by atoms with Gasteiger partial charge in [0.25, 0.3) is 0 Å². The first-order valence-corrected chi connectivity index (χ1v) is 22.4. The number of aliphatic hydroxyl groups is 2. The molecule has 3 N–H and O–H groups in total. The molecule has 1 aromatic carbocycles. The molecule has 4 saturated heterocycles. The number of carbonyl (C=O) groups is 1. The summed E-state index contributed by atoms with van der Waals surface area (Å²) in [4.78, 5) is 14.1. The van der Waals surface area contributed by atoms with Gasteiger partial charge in [-0.25, -0.2) is 4.79 Å². The van der Waals surface area contributed by atoms with Crippen LogP contribution in [0.1, 0.15) is 122 Å². The number of hydrogen-bond donors (Lipinski definition) is 3. The van der Waals surface area contributed by atoms with Crippen LogP contribution in [0, 0.1) is 24.7 Å². The van der Waals surface area contributed by atoms with E-state index in [1.807, 2.05) is 39.8 Å². The molecule has 17 atom stereocenters. The van der Waals surface area contributed by atoms with Crippen LogP contribution in [0.4, 0.5) is 0 Å². The van der Waals surface area contributed by atoms with Crippen LogP contribution in [-0.2, 0) is 42.6 Å². The molecule has 13 nitrogen and oxygen atoms in total. The smallest absolute Gasteiger partial charge is 0.339 e. The molecule has 0 amide bonds. The van der Waals surface area contributed by atoms with Crippen molar-refractivity contribution in [1.29, 1.82) is 0 Å². The summed E-state index contributed by atoms with van der Waals surface area (Å²) in [6, 6.07) is 3.30. The number of esters is 1. The molecule has 61 heavy (non-hydrogen) atoms. The van der Waals surface area contributed by atoms with Crippen LogP contribution in [0.25, 0.3) is 5.57 Å². The van der Waals surface area contributed by atoms with Gasteiger partial charge in [-0.2, -0.15) is 0 Å². The number of hydrogen-bond acceptors (Lipinski definition) is 13. The van der Waals surface area contributed by atoms with Crippen LogP contribution in [0.15, 0.2) is 42.0 Å². The molecule has 5 heterocycles. The fourth-order valence-electron chi connectivity index (χ4n) is 9.79. The first-order valence-electron chi connectivity index (χ1n) is 22.4. The van der Waals surface area contributed by atoms with Gasteiger partial charge in [0.1, 0.15) is 24.1 Å². The molecule has 1 spiro atoms. The normalized spacial score (nSPS) is 43.0. The van der Waals surface area contributed by atoms with Gasteiger partial charge < -0.3 is 58.0 Å². The van der Waals surface area contributed by atoms with Crippen LogP contribution >= 0.6 is 0 Å². The number of aryl methyl sites for hydroxylation is 1. The Balaban J connectivity index is 1.30. The van der Waals surface area contributed by atoms with E-state index in [4.69, 9.17) is 42.6 Å². The Morgan fingerprint density at radius 3 is 2.26 bits per heavy atom. The second-order valence-electron chi connectivity index (χ2n) is 18.4. The topological polar surface area (TPSA) is 161 Å². The van der Waals surface area contributed by atoms with Crippen molar-refractivity contribution in [2.24, 2.45) is 17.8 Å². The molecule has 13 heteroatoms. The number of aliphatic hydroxyl groups excluding tert-OH is 2. The van der Waals surface area contributed by atoms with Gasteiger partial charge in [0.15, 0.2) is 18.4 Å². The number of rotatable bonds is 8. The minimum atomic E-state index is -1.15. The standard InChI is InChI=1S/C48H72O13/c1-12-25(2)45-30(7)38(50)24-48(61-45)23-34-19-33(60-48)17-16-28(5)44(27(4)15-13-14-26(3)35-20-37(49)29(6)18-36(35)47(52)57-34)58-42-22-40(54-11)46(32(9)56-42)59-41-21-39(53-10)43(51)31(8)55-41/h13-16,18,20,25,27,30-34,38-46,49-51H,12,17,19,21-24H2,1-11H3/b15-13-,26-14+,28-16+/t25-,27-,30-,31-,32-,33+,34-,38-,39-,40-,41-,42-,43-,44-,45+,46-,48-/m0/s1. The summed E-state index contributed by atoms with van der Waals surface area (Å²) in [7, 11) is 3.23. The van der Waals surface area contributed by atoms with Gasteiger partial charge in [-0.1, -0.05) is 58.4 Å². The highest BCUT2D eigenvalue weighted by Crippen LogP contribution is 2.45. The lowest BCUT2D eigenvalue weighted by Crippen LogP contribution is -2.59. The summed E-state index contributed by atoms with van der Waals surface area (Å²) in [6.07, 6.45) is 4.81. The van der Waals surface area contributed by atoms with E-state index in [0.29, 0.717) is 42.4 Å². The highest BCUT2D eigenvalue weighted by Gasteiger charge is 2.52. The van der Waals surface area contributed by atoms with E-state index in [1.165, 1.54) is 0 Å². The van der Waals surface area contributed by atoms with Gasteiger partial charge in [0.2, 0.25) is 0 Å². The second-order valence-corrected chi connectivity index (χ2v) is 18.4. The van der Waals surface area contributed by atoms with Crippen molar-refractivity contribution in [3.63, 3.8) is 0 Å². The molecule has 0 radical (unpaired) electrons. The van der Waals surface area contributed by atoms with Crippen LogP contribution in [0.3, 0.4) is 0 Å². The zero-order chi connectivity index (χ0) is 44.3. The lowest BCUT2D eigenvalue weighted by atomic mass is 9.79. The third-order valence-electron chi connectivity index (χ3n) is 13.8. The quantitative estimate of drug-likeness (QED) is 0.177. The van der Waals surface area contributed by atoms with Gasteiger partial charge in [-0.05, 0) is 81.4 Å². The number of fused-ring (bicyclic) bond motifs is 3. The molecule has 6 rings (SSSR count). The van der Waals surface area contributed by atoms with E-state index in [0.717, 1.165) is 17.6 Å². The van der Waals surface area contributed by atoms with Gasteiger partial charge in [0, 0.05) is 58.2 Å². The third-order valence-corrected chi connectivity index (χ3v) is 13.8. The summed E-state index contributed by atoms with van der Waals surface area (Å²) in [5, 5.41) is 32.7. The van der Waals surface area contributed by atoms with Gasteiger partial charge in [-0.3, -0.25) is 0 Å². The Labute approximate surface area is 362 Å². The molecule has 4 fully saturated rings. The Hall–Kier alpha value is -2.69. The lowest BCUT2D eigenvalue weighted by Gasteiger charge is -2.52. The minimum absolute atomic E-state index is 0.0858. The van der Waals surface area contributed by atoms with Crippen molar-refractivity contribution in [1.82, 2.24) is 0 Å². The maximum atomic E-state index is 14.1. The first-order chi connectivity index (χ1) is 29.0. The van der Waals surface area contributed by atoms with Gasteiger partial charge in [0.05, 0.1) is 54.4 Å². The maximum Gasteiger partial charge on any atom is 0.339 e. The highest BCUT2D eigenvalue weighted by atomic mass is 16.7. The van der Waals surface area contributed by atoms with Crippen molar-refractivity contribution in [3.05, 3.63) is 58.7 Å². The Morgan fingerprint density at radius 1 is 0.869 bits per heavy atom. The summed E-state index contributed by atoms with van der Waals surface area (Å²) < 4.78 is 57.6. The minimum Gasteiger partial charge on any atom is -0.508 e. The number of aromatic hydroxyl groups is 1. The fraction of sp³-hybridized carbons (Fsp3) is 0.729. The van der Waals surface area contributed by atoms with Gasteiger partial charge in [-0.15, -0.1) is 0 Å². The van der Waals surface area contributed by atoms with E-state index in [-0.39, 0.29) is 48.6 Å². The lowest BCUT2D eigenvalue weighted by molar-refractivity contribution is -0.353. The average Bonchev–Trinajstić information content (AvgIpc) is 3.22. The van der Waals surface area contributed by atoms with Crippen LogP contribution in [0.2, 0.25) is 0 Å². The van der Waals surface area contributed by atoms with E-state index in [2.05, 4.69) is 32.9 Å². The van der Waals surface area contributed by atoms with E-state index in [1.54, 1.807) is 40.2 Å². The van der Waals surface area contributed by atoms with Crippen LogP contribution in [0.5, 0.6) is 5.75 Å². The number of methoxy groups -OCH3 is 2. The maximum absolute atomic E-state index is 14.1. The molecular weight excluding hydrogens is 785 g/mol. The van der Waals surface area contributed by atoms with Gasteiger partial charge >= 0.3 is 5.97 Å². The molecule has 1 aromatic rings. The molecule has 0 saturated carbocycles. The van der Waals surface area contributed by atoms with Crippen molar-refractivity contribution < 1.29 is 62.7 Å². The zero-order valence-electron chi connectivity index (χ0n) is 38.1. The number of benzene rings is 1. The van der Waals surface area contributed by atoms with E-state index in [9.17, 15) is 20.1 Å². The molecule has 0 aromatic heterocycles. The monoisotopic (exact) mass is 856 g/mol. The molecule has 0 aliphatic carbocycles. The number of phenols is 1. The molecule has 342 valence electrons. The zero-order valence-corrected chi connectivity index (χ0v) is 38.1. The SMILES string of the molecule is CC[C@H](C)[C@H]1O[C@@]2(C[C@@H]3C[C@@H](C/C=C(\C)[C@@H](O[C@H]4C[C@H](OC)[C@@H](O[C@H]5C[C@H](OC)[C@@H](O)[C@H](C)O5)[C@H](C)O4)[C@@H](C)/C=C\C=C(/C)c4cc(O)c(C)cc4C(=O)O3)O2)C[C@H](O)[C@@H]1C. The summed E-state index contributed by atoms with van der Waals surface area (Å²) in [6.45, 7) is 17.8. The summed E-state index contributed by atoms with van der Waals surface area (Å²) >= 11 is 0. The molecule has 5 aliphatic rings. The predicted molar refractivity (Wildman–Crippen MR) is 229 cm³/mol. The van der Waals surface area contributed by atoms with Crippen LogP contribution < -0.4 is 0 Å². The van der Waals surface area contributed by atoms with Crippen molar-refractivity contribution in [2.75, 3.05) is 14.2 Å². The molecule has 0 unspecified atom stereocenters. The van der Waals surface area contributed by atoms with Crippen molar-refractivity contribution >= 4 is 11.5 Å². The Kier molecular flexibility index (Phi) is 16.0. The predicted octanol–water partition coefficient (Wildman–Crippen LogP) is 7.31. The molecule has 2 bridgehead atoms. The fourth-order valence-corrected chi connectivity index (χ4v) is 9.79. The Morgan fingerprint density at radius 2 is 1.56 bits per heavy atom. The summed E-state index contributed by atoms with van der Waals surface area (Å²) in [5.74, 6) is -1.59. The first kappa shape index (κ1) is 47.8. The Bertz CT molecular complexity index is 1740. The van der Waals surface area contributed by atoms with Crippen molar-refractivity contribution in [2.45, 2.75) is 193 Å². The largest absolute Gasteiger partial charge is 0.508 e. The highest BCUT2D eigenvalue weighted by molar-refractivity contribution is 5.96. The van der Waals surface area contributed by atoms with E-state index < -0.39 is 79.3 Å². The number of phenolic OH excluding ortho intramolecular Hbond substituents is 1. The average molecular weight is 857 g/mol. The number of ether oxygens (including phenoxy) is 9. The third kappa shape index (κ3) is 11.0. The summed E-state index contributed by atoms with van der Waals surface area (Å²) in [5.41, 5.74) is 3.25. The molecular formula is C48H72O13. The number of allylic oxidation sites excluding steroid dienone is 3. The molecule has 5 aliphatic heterocycles. The van der Waals surface area contributed by atoms with E-state index >= 15 is 0 Å².